The lowest BCUT2D eigenvalue weighted by Crippen LogP contribution is -2.38. The van der Waals surface area contributed by atoms with E-state index in [1.54, 1.807) is 12.4 Å². The van der Waals surface area contributed by atoms with E-state index in [1.165, 1.54) is 0 Å². The quantitative estimate of drug-likeness (QED) is 0.256. The maximum Gasteiger partial charge on any atom is 0.257 e. The minimum atomic E-state index is -2.93. The van der Waals surface area contributed by atoms with Gasteiger partial charge >= 0.3 is 0 Å². The van der Waals surface area contributed by atoms with Gasteiger partial charge in [-0.25, -0.2) is 23.7 Å². The molecule has 212 valence electrons. The summed E-state index contributed by atoms with van der Waals surface area (Å²) in [5.74, 6) is -3.01. The molecule has 0 spiro atoms. The van der Waals surface area contributed by atoms with Gasteiger partial charge in [-0.15, -0.1) is 0 Å². The van der Waals surface area contributed by atoms with Crippen LogP contribution in [0.5, 0.6) is 11.6 Å². The van der Waals surface area contributed by atoms with Gasteiger partial charge in [0.2, 0.25) is 11.8 Å². The van der Waals surface area contributed by atoms with Gasteiger partial charge in [0.1, 0.15) is 11.5 Å². The number of nitrogens with zero attached hydrogens (tertiary/aromatic N) is 3. The Morgan fingerprint density at radius 2 is 1.95 bits per heavy atom. The number of alkyl halides is 2. The Morgan fingerprint density at radius 1 is 1.05 bits per heavy atom. The molecular formula is C32H33F2N5O2. The molecule has 3 heterocycles. The van der Waals surface area contributed by atoms with Crippen LogP contribution in [-0.4, -0.2) is 45.8 Å². The minimum Gasteiger partial charge on any atom is -0.437 e. The van der Waals surface area contributed by atoms with Gasteiger partial charge in [0.05, 0.1) is 17.2 Å². The van der Waals surface area contributed by atoms with Crippen LogP contribution in [0.4, 0.5) is 14.7 Å². The highest BCUT2D eigenvalue weighted by Crippen LogP contribution is 2.42. The summed E-state index contributed by atoms with van der Waals surface area (Å²) in [5, 5.41) is 8.40. The van der Waals surface area contributed by atoms with Gasteiger partial charge in [-0.05, 0) is 73.9 Å². The molecule has 1 saturated carbocycles. The summed E-state index contributed by atoms with van der Waals surface area (Å²) in [7, 11) is 0. The first-order valence-corrected chi connectivity index (χ1v) is 14.2. The van der Waals surface area contributed by atoms with Crippen LogP contribution in [0, 0.1) is 12.8 Å². The number of rotatable bonds is 8. The fraction of sp³-hybridized carbons (Fsp3) is 0.375. The molecule has 1 saturated heterocycles. The molecular weight excluding hydrogens is 524 g/mol. The van der Waals surface area contributed by atoms with Crippen molar-refractivity contribution in [3.63, 3.8) is 0 Å². The van der Waals surface area contributed by atoms with Crippen molar-refractivity contribution in [1.29, 1.82) is 0 Å². The lowest BCUT2D eigenvalue weighted by molar-refractivity contribution is -0.133. The molecule has 9 heteroatoms. The second kappa shape index (κ2) is 11.5. The Kier molecular flexibility index (Phi) is 7.62. The van der Waals surface area contributed by atoms with Gasteiger partial charge in [-0.3, -0.25) is 4.79 Å². The van der Waals surface area contributed by atoms with Gasteiger partial charge in [0.15, 0.2) is 0 Å². The molecule has 1 aliphatic heterocycles. The Bertz CT molecular complexity index is 1570. The molecule has 2 N–H and O–H groups in total. The van der Waals surface area contributed by atoms with Crippen LogP contribution in [0.3, 0.4) is 0 Å². The van der Waals surface area contributed by atoms with E-state index in [9.17, 15) is 13.6 Å². The fourth-order valence-electron chi connectivity index (χ4n) is 5.93. The number of carbonyl (C=O) groups excluding carboxylic acids is 1. The molecule has 2 aromatic heterocycles. The van der Waals surface area contributed by atoms with Crippen molar-refractivity contribution in [1.82, 2.24) is 20.3 Å². The standard InChI is InChI=1S/C32H33F2N5O2/c1-20-11-12-23-21(18-28(40)26-10-3-14-32(26,33)34)6-2-8-24(23)29(20)41-30-25(9-5-16-36-30)27-13-17-37-31(39-27)38-22-7-4-15-35-19-22/h2,5-6,8-9,11-13,16-17,22,26,35H,3-4,7,10,14-15,18-19H2,1H3,(H,37,38,39)/t22-,26?/m0/s1. The van der Waals surface area contributed by atoms with Crippen molar-refractivity contribution >= 4 is 22.5 Å². The Balaban J connectivity index is 1.30. The Hall–Kier alpha value is -3.98. The van der Waals surface area contributed by atoms with Crippen molar-refractivity contribution in [3.8, 4) is 22.9 Å². The highest BCUT2D eigenvalue weighted by molar-refractivity contribution is 5.96. The molecule has 0 amide bonds. The lowest BCUT2D eigenvalue weighted by Gasteiger charge is -2.23. The van der Waals surface area contributed by atoms with E-state index >= 15 is 0 Å². The summed E-state index contributed by atoms with van der Waals surface area (Å²) < 4.78 is 35.1. The van der Waals surface area contributed by atoms with E-state index < -0.39 is 17.6 Å². The number of aromatic nitrogens is 3. The third-order valence-corrected chi connectivity index (χ3v) is 8.10. The van der Waals surface area contributed by atoms with Crippen molar-refractivity contribution in [3.05, 3.63) is 72.1 Å². The molecule has 4 aromatic rings. The maximum atomic E-state index is 14.3. The minimum absolute atomic E-state index is 0.0395. The Morgan fingerprint density at radius 3 is 2.76 bits per heavy atom. The van der Waals surface area contributed by atoms with Crippen LogP contribution in [0.1, 0.15) is 43.2 Å². The highest BCUT2D eigenvalue weighted by Gasteiger charge is 2.47. The van der Waals surface area contributed by atoms with Crippen LogP contribution in [0.15, 0.2) is 60.9 Å². The first-order valence-electron chi connectivity index (χ1n) is 14.2. The number of benzene rings is 2. The number of pyridine rings is 1. The molecule has 2 fully saturated rings. The summed E-state index contributed by atoms with van der Waals surface area (Å²) in [4.78, 5) is 26.6. The summed E-state index contributed by atoms with van der Waals surface area (Å²) in [5.41, 5.74) is 2.99. The van der Waals surface area contributed by atoms with Crippen LogP contribution < -0.4 is 15.4 Å². The van der Waals surface area contributed by atoms with E-state index in [0.29, 0.717) is 40.8 Å². The normalized spacial score (nSPS) is 20.2. The molecule has 7 nitrogen and oxygen atoms in total. The van der Waals surface area contributed by atoms with E-state index in [4.69, 9.17) is 9.72 Å². The number of carbonyl (C=O) groups is 1. The first-order chi connectivity index (χ1) is 19.9. The second-order valence-electron chi connectivity index (χ2n) is 11.0. The molecule has 0 radical (unpaired) electrons. The zero-order valence-electron chi connectivity index (χ0n) is 23.0. The number of ether oxygens (including phenoxy) is 1. The van der Waals surface area contributed by atoms with E-state index in [0.717, 1.165) is 42.3 Å². The number of piperidine rings is 1. The number of anilines is 1. The van der Waals surface area contributed by atoms with Crippen molar-refractivity contribution < 1.29 is 18.3 Å². The molecule has 6 rings (SSSR count). The van der Waals surface area contributed by atoms with Crippen LogP contribution in [0.25, 0.3) is 22.0 Å². The van der Waals surface area contributed by atoms with Crippen molar-refractivity contribution in [2.75, 3.05) is 18.4 Å². The molecule has 41 heavy (non-hydrogen) atoms. The predicted octanol–water partition coefficient (Wildman–Crippen LogP) is 6.50. The predicted molar refractivity (Wildman–Crippen MR) is 155 cm³/mol. The van der Waals surface area contributed by atoms with Gasteiger partial charge < -0.3 is 15.4 Å². The molecule has 1 unspecified atom stereocenters. The summed E-state index contributed by atoms with van der Waals surface area (Å²) >= 11 is 0. The van der Waals surface area contributed by atoms with E-state index in [1.807, 2.05) is 55.5 Å². The fourth-order valence-corrected chi connectivity index (χ4v) is 5.93. The third-order valence-electron chi connectivity index (χ3n) is 8.10. The second-order valence-corrected chi connectivity index (χ2v) is 11.0. The number of Topliss-reactive ketones (excluding diaryl/α,β-unsaturated/α-hetero) is 1. The van der Waals surface area contributed by atoms with E-state index in [2.05, 4.69) is 20.6 Å². The average molecular weight is 558 g/mol. The first kappa shape index (κ1) is 27.2. The van der Waals surface area contributed by atoms with Crippen molar-refractivity contribution in [2.24, 2.45) is 5.92 Å². The van der Waals surface area contributed by atoms with Gasteiger partial charge in [-0.2, -0.15) is 0 Å². The summed E-state index contributed by atoms with van der Waals surface area (Å²) in [6, 6.07) is 15.3. The van der Waals surface area contributed by atoms with Gasteiger partial charge in [0, 0.05) is 43.2 Å². The number of ketones is 1. The molecule has 2 aliphatic rings. The van der Waals surface area contributed by atoms with Crippen LogP contribution in [0.2, 0.25) is 0 Å². The number of halogens is 2. The zero-order valence-corrected chi connectivity index (χ0v) is 23.0. The molecule has 1 aliphatic carbocycles. The third kappa shape index (κ3) is 5.77. The summed E-state index contributed by atoms with van der Waals surface area (Å²) in [6.45, 7) is 3.84. The maximum absolute atomic E-state index is 14.3. The largest absolute Gasteiger partial charge is 0.437 e. The van der Waals surface area contributed by atoms with Gasteiger partial charge in [-0.1, -0.05) is 30.3 Å². The number of fused-ring (bicyclic) bond motifs is 1. The molecule has 2 aromatic carbocycles. The number of nitrogens with one attached hydrogen (secondary N) is 2. The van der Waals surface area contributed by atoms with Crippen LogP contribution in [-0.2, 0) is 11.2 Å². The Labute approximate surface area is 237 Å². The number of aryl methyl sites for hydroxylation is 1. The smallest absolute Gasteiger partial charge is 0.257 e. The monoisotopic (exact) mass is 557 g/mol. The van der Waals surface area contributed by atoms with Crippen LogP contribution >= 0.6 is 0 Å². The zero-order chi connectivity index (χ0) is 28.4. The topological polar surface area (TPSA) is 89.0 Å². The molecule has 0 bridgehead atoms. The molecule has 2 atom stereocenters. The lowest BCUT2D eigenvalue weighted by atomic mass is 9.91. The summed E-state index contributed by atoms with van der Waals surface area (Å²) in [6.07, 6.45) is 5.91. The number of hydrogen-bond donors (Lipinski definition) is 2. The van der Waals surface area contributed by atoms with Crippen molar-refractivity contribution in [2.45, 2.75) is 57.4 Å². The highest BCUT2D eigenvalue weighted by atomic mass is 19.3. The average Bonchev–Trinajstić information content (AvgIpc) is 3.34. The van der Waals surface area contributed by atoms with Gasteiger partial charge in [0.25, 0.3) is 5.92 Å². The van der Waals surface area contributed by atoms with E-state index in [-0.39, 0.29) is 25.3 Å². The number of hydrogen-bond acceptors (Lipinski definition) is 7. The SMILES string of the molecule is Cc1ccc2c(CC(=O)C3CCCC3(F)F)cccc2c1Oc1ncccc1-c1ccnc(N[C@H]2CCCNC2)n1.